The van der Waals surface area contributed by atoms with E-state index in [1.807, 2.05) is 6.07 Å². The monoisotopic (exact) mass is 450 g/mol. The van der Waals surface area contributed by atoms with Crippen molar-refractivity contribution in [3.05, 3.63) is 63.0 Å². The Morgan fingerprint density at radius 1 is 1.27 bits per heavy atom. The first kappa shape index (κ1) is 20.0. The molecule has 0 aliphatic heterocycles. The van der Waals surface area contributed by atoms with E-state index in [0.717, 1.165) is 21.7 Å². The second-order valence-electron chi connectivity index (χ2n) is 7.29. The van der Waals surface area contributed by atoms with Crippen LogP contribution in [-0.2, 0) is 6.42 Å². The molecule has 33 heavy (non-hydrogen) atoms. The van der Waals surface area contributed by atoms with Crippen molar-refractivity contribution in [3.8, 4) is 11.4 Å². The molecule has 2 amide bonds. The largest absolute Gasteiger partial charge is 0.477 e. The third kappa shape index (κ3) is 3.38. The molecule has 0 saturated heterocycles. The summed E-state index contributed by atoms with van der Waals surface area (Å²) in [4.78, 5) is 53.9. The van der Waals surface area contributed by atoms with E-state index in [1.54, 1.807) is 12.1 Å². The van der Waals surface area contributed by atoms with Gasteiger partial charge in [0, 0.05) is 11.6 Å². The van der Waals surface area contributed by atoms with Gasteiger partial charge in [0.25, 0.3) is 11.8 Å². The number of aromatic amines is 1. The van der Waals surface area contributed by atoms with Gasteiger partial charge in [0.1, 0.15) is 5.69 Å². The summed E-state index contributed by atoms with van der Waals surface area (Å²) in [6.07, 6.45) is 1.25. The number of H-pyrrole nitrogens is 1. The lowest BCUT2D eigenvalue weighted by Crippen LogP contribution is -2.29. The predicted molar refractivity (Wildman–Crippen MR) is 107 cm³/mol. The molecule has 0 saturated carbocycles. The third-order valence-corrected chi connectivity index (χ3v) is 5.30. The van der Waals surface area contributed by atoms with E-state index < -0.39 is 29.2 Å². The van der Waals surface area contributed by atoms with Gasteiger partial charge in [-0.15, -0.1) is 5.10 Å². The summed E-state index contributed by atoms with van der Waals surface area (Å²) in [5.74, 6) is -3.34. The molecule has 14 heteroatoms. The van der Waals surface area contributed by atoms with Crippen LogP contribution in [-0.4, -0.2) is 52.8 Å². The minimum absolute atomic E-state index is 0.227. The van der Waals surface area contributed by atoms with Crippen LogP contribution >= 0.6 is 0 Å². The van der Waals surface area contributed by atoms with E-state index in [-0.39, 0.29) is 23.1 Å². The first-order valence-electron chi connectivity index (χ1n) is 9.61. The average Bonchev–Trinajstić information content (AvgIpc) is 3.50. The van der Waals surface area contributed by atoms with E-state index in [9.17, 15) is 24.3 Å². The Labute approximate surface area is 182 Å². The van der Waals surface area contributed by atoms with Crippen molar-refractivity contribution in [2.75, 3.05) is 0 Å². The topological polar surface area (TPSA) is 211 Å². The SMILES string of the molecule is NC(=O)c1nnn2c(C(=O)O)cc(C(=O)N[C@H]3CCc4cc(-c5noc(=O)[nH]5)ccc43)nc12. The van der Waals surface area contributed by atoms with E-state index in [4.69, 9.17) is 5.73 Å². The van der Waals surface area contributed by atoms with Crippen LogP contribution in [0.1, 0.15) is 55.1 Å². The van der Waals surface area contributed by atoms with Gasteiger partial charge in [-0.05, 0) is 30.0 Å². The Hall–Kier alpha value is -4.88. The number of nitrogens with two attached hydrogens (primary N) is 1. The highest BCUT2D eigenvalue weighted by Crippen LogP contribution is 2.33. The fourth-order valence-corrected chi connectivity index (χ4v) is 3.81. The number of amides is 2. The van der Waals surface area contributed by atoms with Crippen LogP contribution in [0.4, 0.5) is 0 Å². The van der Waals surface area contributed by atoms with Crippen LogP contribution in [0.15, 0.2) is 33.6 Å². The fourth-order valence-electron chi connectivity index (χ4n) is 3.81. The molecule has 0 unspecified atom stereocenters. The lowest BCUT2D eigenvalue weighted by molar-refractivity contribution is 0.0686. The number of rotatable bonds is 5. The van der Waals surface area contributed by atoms with E-state index in [0.29, 0.717) is 24.2 Å². The predicted octanol–water partition coefficient (Wildman–Crippen LogP) is -0.318. The van der Waals surface area contributed by atoms with Crippen molar-refractivity contribution in [2.24, 2.45) is 5.73 Å². The molecule has 0 fully saturated rings. The zero-order chi connectivity index (χ0) is 23.3. The minimum atomic E-state index is -1.39. The number of nitrogens with one attached hydrogen (secondary N) is 2. The van der Waals surface area contributed by atoms with Gasteiger partial charge in [-0.25, -0.2) is 14.6 Å². The molecule has 4 aromatic rings. The van der Waals surface area contributed by atoms with Crippen molar-refractivity contribution in [3.63, 3.8) is 0 Å². The molecule has 0 spiro atoms. The summed E-state index contributed by atoms with van der Waals surface area (Å²) in [6, 6.07) is 6.08. The molecule has 1 aliphatic carbocycles. The maximum Gasteiger partial charge on any atom is 0.439 e. The second-order valence-corrected chi connectivity index (χ2v) is 7.29. The van der Waals surface area contributed by atoms with E-state index in [1.165, 1.54) is 0 Å². The zero-order valence-corrected chi connectivity index (χ0v) is 16.6. The molecular weight excluding hydrogens is 436 g/mol. The Morgan fingerprint density at radius 2 is 2.09 bits per heavy atom. The maximum atomic E-state index is 12.9. The van der Waals surface area contributed by atoms with Gasteiger partial charge in [-0.1, -0.05) is 22.5 Å². The number of hydrogen-bond acceptors (Lipinski definition) is 9. The third-order valence-electron chi connectivity index (χ3n) is 5.30. The lowest BCUT2D eigenvalue weighted by Gasteiger charge is -2.14. The van der Waals surface area contributed by atoms with Crippen LogP contribution in [0.5, 0.6) is 0 Å². The number of fused-ring (bicyclic) bond motifs is 2. The quantitative estimate of drug-likeness (QED) is 0.311. The number of carboxylic acids is 1. The zero-order valence-electron chi connectivity index (χ0n) is 16.6. The molecule has 1 aromatic carbocycles. The highest BCUT2D eigenvalue weighted by molar-refractivity contribution is 6.00. The van der Waals surface area contributed by atoms with Gasteiger partial charge in [-0.3, -0.25) is 19.1 Å². The fraction of sp³-hybridized carbons (Fsp3) is 0.158. The standard InChI is InChI=1S/C19H14N8O6/c20-14(28)13-16-21-11(6-12(18(30)31)27(16)26-24-13)17(29)22-10-4-2-7-5-8(1-3-9(7)10)15-23-19(32)33-25-15/h1,3,5-6,10H,2,4H2,(H2,20,28)(H,22,29)(H,30,31)(H,23,25,32)/t10-/m0/s1. The molecule has 5 rings (SSSR count). The summed E-state index contributed by atoms with van der Waals surface area (Å²) in [5.41, 5.74) is 6.51. The maximum absolute atomic E-state index is 12.9. The normalized spacial score (nSPS) is 14.8. The van der Waals surface area contributed by atoms with Gasteiger partial charge in [-0.2, -0.15) is 4.52 Å². The number of aromatic nitrogens is 6. The Bertz CT molecular complexity index is 1520. The number of benzene rings is 1. The van der Waals surface area contributed by atoms with E-state index in [2.05, 4.69) is 35.3 Å². The van der Waals surface area contributed by atoms with Gasteiger partial charge in [0.2, 0.25) is 0 Å². The summed E-state index contributed by atoms with van der Waals surface area (Å²) < 4.78 is 5.36. The number of nitrogens with zero attached hydrogens (tertiary/aromatic N) is 5. The number of aryl methyl sites for hydroxylation is 1. The van der Waals surface area contributed by atoms with Crippen LogP contribution in [0.25, 0.3) is 17.0 Å². The summed E-state index contributed by atoms with van der Waals surface area (Å²) in [7, 11) is 0. The molecule has 3 heterocycles. The molecule has 14 nitrogen and oxygen atoms in total. The molecule has 1 aliphatic rings. The average molecular weight is 450 g/mol. The number of carbonyl (C=O) groups is 3. The highest BCUT2D eigenvalue weighted by Gasteiger charge is 2.27. The molecule has 1 atom stereocenters. The first-order chi connectivity index (χ1) is 15.8. The van der Waals surface area contributed by atoms with E-state index >= 15 is 0 Å². The number of primary amides is 1. The Balaban J connectivity index is 1.45. The first-order valence-corrected chi connectivity index (χ1v) is 9.61. The summed E-state index contributed by atoms with van der Waals surface area (Å²) in [5, 5.41) is 23.1. The molecule has 0 bridgehead atoms. The second kappa shape index (κ2) is 7.37. The van der Waals surface area contributed by atoms with Gasteiger partial charge >= 0.3 is 11.7 Å². The summed E-state index contributed by atoms with van der Waals surface area (Å²) in [6.45, 7) is 0. The van der Waals surface area contributed by atoms with Crippen molar-refractivity contribution < 1.29 is 24.0 Å². The molecule has 166 valence electrons. The molecule has 0 radical (unpaired) electrons. The smallest absolute Gasteiger partial charge is 0.439 e. The molecular formula is C19H14N8O6. The van der Waals surface area contributed by atoms with Gasteiger partial charge in [0.05, 0.1) is 6.04 Å². The lowest BCUT2D eigenvalue weighted by atomic mass is 10.0. The van der Waals surface area contributed by atoms with Crippen LogP contribution in [0, 0.1) is 0 Å². The van der Waals surface area contributed by atoms with Crippen molar-refractivity contribution in [2.45, 2.75) is 18.9 Å². The molecule has 3 aromatic heterocycles. The van der Waals surface area contributed by atoms with Crippen molar-refractivity contribution in [1.29, 1.82) is 0 Å². The Kier molecular flexibility index (Phi) is 4.47. The highest BCUT2D eigenvalue weighted by atomic mass is 16.5. The number of carboxylic acid groups (broad SMARTS) is 1. The van der Waals surface area contributed by atoms with Crippen LogP contribution in [0.3, 0.4) is 0 Å². The summed E-state index contributed by atoms with van der Waals surface area (Å²) >= 11 is 0. The number of hydrogen-bond donors (Lipinski definition) is 4. The van der Waals surface area contributed by atoms with Gasteiger partial charge < -0.3 is 16.2 Å². The van der Waals surface area contributed by atoms with Crippen molar-refractivity contribution in [1.82, 2.24) is 35.3 Å². The minimum Gasteiger partial charge on any atom is -0.477 e. The molecule has 5 N–H and O–H groups in total. The van der Waals surface area contributed by atoms with Gasteiger partial charge in [0.15, 0.2) is 22.9 Å². The number of aromatic carboxylic acids is 1. The van der Waals surface area contributed by atoms with Crippen molar-refractivity contribution >= 4 is 23.4 Å². The number of carbonyl (C=O) groups excluding carboxylic acids is 2. The Morgan fingerprint density at radius 3 is 2.79 bits per heavy atom. The van der Waals surface area contributed by atoms with Crippen LogP contribution in [0.2, 0.25) is 0 Å². The van der Waals surface area contributed by atoms with Crippen LogP contribution < -0.4 is 16.8 Å².